The fraction of sp³-hybridized carbons (Fsp3) is 0.143. The van der Waals surface area contributed by atoms with Crippen molar-refractivity contribution in [1.82, 2.24) is 0 Å². The minimum atomic E-state index is -0.857. The summed E-state index contributed by atoms with van der Waals surface area (Å²) in [7, 11) is 1.47. The van der Waals surface area contributed by atoms with E-state index in [1.54, 1.807) is 18.2 Å². The number of nitrogens with two attached hydrogens (primary N) is 1. The molecule has 0 aromatic heterocycles. The number of halogens is 3. The molecule has 1 unspecified atom stereocenters. The first kappa shape index (κ1) is 13.8. The summed E-state index contributed by atoms with van der Waals surface area (Å²) in [5, 5.41) is 0.447. The first-order chi connectivity index (χ1) is 9.02. The summed E-state index contributed by atoms with van der Waals surface area (Å²) in [6.45, 7) is 0. The molecule has 2 N–H and O–H groups in total. The van der Waals surface area contributed by atoms with Gasteiger partial charge in [-0.1, -0.05) is 11.6 Å². The van der Waals surface area contributed by atoms with E-state index in [0.29, 0.717) is 16.3 Å². The van der Waals surface area contributed by atoms with Gasteiger partial charge in [-0.15, -0.1) is 0 Å². The highest BCUT2D eigenvalue weighted by atomic mass is 35.5. The zero-order chi connectivity index (χ0) is 14.0. The Balaban J connectivity index is 2.51. The van der Waals surface area contributed by atoms with Crippen LogP contribution >= 0.6 is 11.6 Å². The van der Waals surface area contributed by atoms with Crippen LogP contribution in [0.5, 0.6) is 5.75 Å². The van der Waals surface area contributed by atoms with Crippen molar-refractivity contribution in [3.8, 4) is 5.75 Å². The summed E-state index contributed by atoms with van der Waals surface area (Å²) in [4.78, 5) is 0. The number of methoxy groups -OCH3 is 1. The Labute approximate surface area is 114 Å². The van der Waals surface area contributed by atoms with Gasteiger partial charge in [0.15, 0.2) is 0 Å². The lowest BCUT2D eigenvalue weighted by Crippen LogP contribution is -2.15. The summed E-state index contributed by atoms with van der Waals surface area (Å²) in [6.07, 6.45) is 0. The van der Waals surface area contributed by atoms with Gasteiger partial charge in [0.25, 0.3) is 0 Å². The molecule has 0 aliphatic carbocycles. The first-order valence-electron chi connectivity index (χ1n) is 5.57. The second-order valence-electron chi connectivity index (χ2n) is 4.03. The van der Waals surface area contributed by atoms with Crippen molar-refractivity contribution in [2.24, 2.45) is 5.73 Å². The molecule has 0 amide bonds. The highest BCUT2D eigenvalue weighted by Gasteiger charge is 2.18. The Morgan fingerprint density at radius 1 is 1.11 bits per heavy atom. The first-order valence-corrected chi connectivity index (χ1v) is 5.94. The van der Waals surface area contributed by atoms with E-state index in [2.05, 4.69) is 0 Å². The number of hydrogen-bond donors (Lipinski definition) is 1. The Kier molecular flexibility index (Phi) is 4.02. The van der Waals surface area contributed by atoms with Crippen molar-refractivity contribution in [3.05, 3.63) is 64.2 Å². The Bertz CT molecular complexity index is 604. The van der Waals surface area contributed by atoms with Crippen LogP contribution in [0.2, 0.25) is 5.02 Å². The third-order valence-corrected chi connectivity index (χ3v) is 3.06. The maximum absolute atomic E-state index is 13.7. The van der Waals surface area contributed by atoms with Gasteiger partial charge < -0.3 is 10.5 Å². The summed E-state index contributed by atoms with van der Waals surface area (Å²) < 4.78 is 32.1. The zero-order valence-electron chi connectivity index (χ0n) is 10.2. The molecule has 0 spiro atoms. The van der Waals surface area contributed by atoms with Gasteiger partial charge in [-0.3, -0.25) is 0 Å². The highest BCUT2D eigenvalue weighted by Crippen LogP contribution is 2.32. The molecule has 2 aromatic rings. The van der Waals surface area contributed by atoms with Crippen LogP contribution in [0.25, 0.3) is 0 Å². The Morgan fingerprint density at radius 2 is 1.84 bits per heavy atom. The van der Waals surface area contributed by atoms with E-state index in [-0.39, 0.29) is 5.56 Å². The molecule has 0 fully saturated rings. The quantitative estimate of drug-likeness (QED) is 0.933. The number of hydrogen-bond acceptors (Lipinski definition) is 2. The maximum Gasteiger partial charge on any atom is 0.128 e. The number of rotatable bonds is 3. The number of benzene rings is 2. The molecule has 0 saturated heterocycles. The smallest absolute Gasteiger partial charge is 0.128 e. The normalized spacial score (nSPS) is 12.3. The lowest BCUT2D eigenvalue weighted by molar-refractivity contribution is 0.407. The molecule has 2 aromatic carbocycles. The Morgan fingerprint density at radius 3 is 2.53 bits per heavy atom. The van der Waals surface area contributed by atoms with E-state index in [0.717, 1.165) is 18.2 Å². The monoisotopic (exact) mass is 283 g/mol. The minimum Gasteiger partial charge on any atom is -0.496 e. The second-order valence-corrected chi connectivity index (χ2v) is 4.47. The van der Waals surface area contributed by atoms with Gasteiger partial charge in [-0.25, -0.2) is 8.78 Å². The van der Waals surface area contributed by atoms with Crippen LogP contribution < -0.4 is 10.5 Å². The van der Waals surface area contributed by atoms with E-state index in [9.17, 15) is 8.78 Å². The van der Waals surface area contributed by atoms with Crippen molar-refractivity contribution in [3.63, 3.8) is 0 Å². The van der Waals surface area contributed by atoms with Gasteiger partial charge in [0.1, 0.15) is 17.4 Å². The summed E-state index contributed by atoms with van der Waals surface area (Å²) in [5.41, 5.74) is 6.54. The van der Waals surface area contributed by atoms with Crippen LogP contribution in [0.1, 0.15) is 17.2 Å². The lowest BCUT2D eigenvalue weighted by Gasteiger charge is -2.17. The molecular weight excluding hydrogens is 272 g/mol. The van der Waals surface area contributed by atoms with E-state index >= 15 is 0 Å². The van der Waals surface area contributed by atoms with Gasteiger partial charge >= 0.3 is 0 Å². The molecule has 0 aliphatic heterocycles. The van der Waals surface area contributed by atoms with E-state index in [1.165, 1.54) is 7.11 Å². The van der Waals surface area contributed by atoms with Crippen LogP contribution in [0.3, 0.4) is 0 Å². The number of ether oxygens (including phenoxy) is 1. The highest BCUT2D eigenvalue weighted by molar-refractivity contribution is 6.30. The second kappa shape index (κ2) is 5.55. The topological polar surface area (TPSA) is 35.2 Å². The summed E-state index contributed by atoms with van der Waals surface area (Å²) in [5.74, 6) is -0.649. The molecule has 0 aliphatic rings. The average molecular weight is 284 g/mol. The molecule has 0 saturated carbocycles. The zero-order valence-corrected chi connectivity index (χ0v) is 10.9. The molecule has 0 radical (unpaired) electrons. The van der Waals surface area contributed by atoms with E-state index in [1.807, 2.05) is 0 Å². The third-order valence-electron chi connectivity index (χ3n) is 2.82. The standard InChI is InChI=1S/C14H12ClF2NO/c1-19-13-5-2-8(15)6-11(13)14(18)10-7-9(16)3-4-12(10)17/h2-7,14H,18H2,1H3. The minimum absolute atomic E-state index is 0.0561. The van der Waals surface area contributed by atoms with Crippen molar-refractivity contribution >= 4 is 11.6 Å². The fourth-order valence-electron chi connectivity index (χ4n) is 1.87. The van der Waals surface area contributed by atoms with Crippen LogP contribution in [0, 0.1) is 11.6 Å². The van der Waals surface area contributed by atoms with Gasteiger partial charge in [0.2, 0.25) is 0 Å². The average Bonchev–Trinajstić information content (AvgIpc) is 2.40. The lowest BCUT2D eigenvalue weighted by atomic mass is 9.98. The molecule has 19 heavy (non-hydrogen) atoms. The molecule has 2 rings (SSSR count). The Hall–Kier alpha value is -1.65. The summed E-state index contributed by atoms with van der Waals surface area (Å²) >= 11 is 5.90. The predicted molar refractivity (Wildman–Crippen MR) is 70.4 cm³/mol. The van der Waals surface area contributed by atoms with Crippen molar-refractivity contribution in [2.75, 3.05) is 7.11 Å². The van der Waals surface area contributed by atoms with Crippen LogP contribution in [0.4, 0.5) is 8.78 Å². The molecule has 1 atom stereocenters. The summed E-state index contributed by atoms with van der Waals surface area (Å²) in [6, 6.07) is 7.15. The molecule has 2 nitrogen and oxygen atoms in total. The van der Waals surface area contributed by atoms with E-state index < -0.39 is 17.7 Å². The third kappa shape index (κ3) is 2.85. The molecule has 0 bridgehead atoms. The molecular formula is C14H12ClF2NO. The SMILES string of the molecule is COc1ccc(Cl)cc1C(N)c1cc(F)ccc1F. The van der Waals surface area contributed by atoms with Crippen LogP contribution in [-0.4, -0.2) is 7.11 Å². The van der Waals surface area contributed by atoms with Crippen molar-refractivity contribution < 1.29 is 13.5 Å². The molecule has 100 valence electrons. The van der Waals surface area contributed by atoms with Crippen molar-refractivity contribution in [1.29, 1.82) is 0 Å². The fourth-order valence-corrected chi connectivity index (χ4v) is 2.05. The predicted octanol–water partition coefficient (Wildman–Crippen LogP) is 3.67. The van der Waals surface area contributed by atoms with Crippen LogP contribution in [-0.2, 0) is 0 Å². The van der Waals surface area contributed by atoms with Crippen LogP contribution in [0.15, 0.2) is 36.4 Å². The molecule has 5 heteroatoms. The van der Waals surface area contributed by atoms with Gasteiger partial charge in [-0.05, 0) is 36.4 Å². The maximum atomic E-state index is 13.7. The largest absolute Gasteiger partial charge is 0.496 e. The van der Waals surface area contributed by atoms with Gasteiger partial charge in [-0.2, -0.15) is 0 Å². The van der Waals surface area contributed by atoms with Crippen molar-refractivity contribution in [2.45, 2.75) is 6.04 Å². The van der Waals surface area contributed by atoms with Gasteiger partial charge in [0.05, 0.1) is 13.2 Å². The molecule has 0 heterocycles. The van der Waals surface area contributed by atoms with Gasteiger partial charge in [0, 0.05) is 16.1 Å². The van der Waals surface area contributed by atoms with E-state index in [4.69, 9.17) is 22.1 Å².